The van der Waals surface area contributed by atoms with Crippen LogP contribution in [-0.4, -0.2) is 42.7 Å². The maximum absolute atomic E-state index is 11.3. The SMILES string of the molecule is CN(CCO)CCc1ccc2c(c1)CCC(=O)N2. The van der Waals surface area contributed by atoms with Crippen LogP contribution in [0.1, 0.15) is 17.5 Å². The highest BCUT2D eigenvalue weighted by molar-refractivity contribution is 5.93. The molecule has 4 nitrogen and oxygen atoms in total. The number of nitrogens with one attached hydrogen (secondary N) is 1. The second-order valence-corrected chi connectivity index (χ2v) is 4.82. The molecule has 1 heterocycles. The number of hydrogen-bond acceptors (Lipinski definition) is 3. The average Bonchev–Trinajstić information content (AvgIpc) is 2.36. The molecule has 0 spiro atoms. The molecule has 1 aromatic rings. The minimum atomic E-state index is 0.109. The summed E-state index contributed by atoms with van der Waals surface area (Å²) < 4.78 is 0. The first kappa shape index (κ1) is 13.1. The number of rotatable bonds is 5. The summed E-state index contributed by atoms with van der Waals surface area (Å²) in [5.74, 6) is 0.109. The molecule has 0 fully saturated rings. The van der Waals surface area contributed by atoms with Gasteiger partial charge >= 0.3 is 0 Å². The molecule has 1 aromatic carbocycles. The second kappa shape index (κ2) is 5.98. The number of aryl methyl sites for hydroxylation is 1. The van der Waals surface area contributed by atoms with Gasteiger partial charge < -0.3 is 15.3 Å². The van der Waals surface area contributed by atoms with Crippen LogP contribution >= 0.6 is 0 Å². The van der Waals surface area contributed by atoms with Gasteiger partial charge in [-0.05, 0) is 37.1 Å². The number of likely N-dealkylation sites (N-methyl/N-ethyl adjacent to an activating group) is 1. The Balaban J connectivity index is 1.97. The van der Waals surface area contributed by atoms with Crippen molar-refractivity contribution in [3.8, 4) is 0 Å². The summed E-state index contributed by atoms with van der Waals surface area (Å²) >= 11 is 0. The molecule has 2 N–H and O–H groups in total. The van der Waals surface area contributed by atoms with Crippen LogP contribution < -0.4 is 5.32 Å². The van der Waals surface area contributed by atoms with Crippen molar-refractivity contribution < 1.29 is 9.90 Å². The summed E-state index contributed by atoms with van der Waals surface area (Å²) in [6.07, 6.45) is 2.39. The normalized spacial score (nSPS) is 14.5. The van der Waals surface area contributed by atoms with Gasteiger partial charge in [0.15, 0.2) is 0 Å². The molecular weight excluding hydrogens is 228 g/mol. The smallest absolute Gasteiger partial charge is 0.224 e. The molecule has 98 valence electrons. The third-order valence-corrected chi connectivity index (χ3v) is 3.33. The van der Waals surface area contributed by atoms with E-state index in [1.807, 2.05) is 13.1 Å². The molecule has 4 heteroatoms. The number of fused-ring (bicyclic) bond motifs is 1. The van der Waals surface area contributed by atoms with E-state index in [0.717, 1.165) is 25.1 Å². The van der Waals surface area contributed by atoms with E-state index in [-0.39, 0.29) is 12.5 Å². The zero-order chi connectivity index (χ0) is 13.0. The molecular formula is C14H20N2O2. The molecule has 0 atom stereocenters. The van der Waals surface area contributed by atoms with Crippen LogP contribution in [0.4, 0.5) is 5.69 Å². The van der Waals surface area contributed by atoms with Crippen molar-refractivity contribution in [3.63, 3.8) is 0 Å². The fourth-order valence-electron chi connectivity index (χ4n) is 2.19. The number of carbonyl (C=O) groups is 1. The Bertz CT molecular complexity index is 432. The number of hydrogen-bond donors (Lipinski definition) is 2. The lowest BCUT2D eigenvalue weighted by Crippen LogP contribution is -2.24. The monoisotopic (exact) mass is 248 g/mol. The molecule has 1 amide bonds. The summed E-state index contributed by atoms with van der Waals surface area (Å²) in [6, 6.07) is 6.24. The standard InChI is InChI=1S/C14H20N2O2/c1-16(8-9-17)7-6-11-2-4-13-12(10-11)3-5-14(18)15-13/h2,4,10,17H,3,5-9H2,1H3,(H,15,18). The first-order valence-corrected chi connectivity index (χ1v) is 6.40. The third kappa shape index (κ3) is 3.31. The fraction of sp³-hybridized carbons (Fsp3) is 0.500. The fourth-order valence-corrected chi connectivity index (χ4v) is 2.19. The number of benzene rings is 1. The molecule has 0 saturated carbocycles. The summed E-state index contributed by atoms with van der Waals surface area (Å²) in [5.41, 5.74) is 3.48. The van der Waals surface area contributed by atoms with Gasteiger partial charge in [0, 0.05) is 25.2 Å². The van der Waals surface area contributed by atoms with E-state index in [4.69, 9.17) is 5.11 Å². The molecule has 0 bridgehead atoms. The summed E-state index contributed by atoms with van der Waals surface area (Å²) in [6.45, 7) is 1.85. The quantitative estimate of drug-likeness (QED) is 0.818. The summed E-state index contributed by atoms with van der Waals surface area (Å²) in [7, 11) is 2.01. The van der Waals surface area contributed by atoms with Crippen molar-refractivity contribution in [2.75, 3.05) is 32.1 Å². The van der Waals surface area contributed by atoms with Crippen LogP contribution in [0.25, 0.3) is 0 Å². The van der Waals surface area contributed by atoms with E-state index in [0.29, 0.717) is 13.0 Å². The third-order valence-electron chi connectivity index (χ3n) is 3.33. The molecule has 2 rings (SSSR count). The maximum Gasteiger partial charge on any atom is 0.224 e. The Hall–Kier alpha value is -1.39. The molecule has 18 heavy (non-hydrogen) atoms. The molecule has 0 saturated heterocycles. The van der Waals surface area contributed by atoms with E-state index < -0.39 is 0 Å². The van der Waals surface area contributed by atoms with Crippen molar-refractivity contribution in [3.05, 3.63) is 29.3 Å². The number of amides is 1. The number of carbonyl (C=O) groups excluding carboxylic acids is 1. The topological polar surface area (TPSA) is 52.6 Å². The predicted molar refractivity (Wildman–Crippen MR) is 71.7 cm³/mol. The van der Waals surface area contributed by atoms with Gasteiger partial charge in [0.25, 0.3) is 0 Å². The number of anilines is 1. The Labute approximate surface area is 108 Å². The molecule has 0 radical (unpaired) electrons. The van der Waals surface area contributed by atoms with Crippen LogP contribution in [0.3, 0.4) is 0 Å². The minimum absolute atomic E-state index is 0.109. The lowest BCUT2D eigenvalue weighted by atomic mass is 9.99. The highest BCUT2D eigenvalue weighted by Crippen LogP contribution is 2.23. The Morgan fingerprint density at radius 3 is 2.94 bits per heavy atom. The van der Waals surface area contributed by atoms with Gasteiger partial charge in [0.2, 0.25) is 5.91 Å². The second-order valence-electron chi connectivity index (χ2n) is 4.82. The zero-order valence-corrected chi connectivity index (χ0v) is 10.8. The van der Waals surface area contributed by atoms with Crippen molar-refractivity contribution in [1.82, 2.24) is 4.90 Å². The van der Waals surface area contributed by atoms with Crippen LogP contribution in [0.15, 0.2) is 18.2 Å². The van der Waals surface area contributed by atoms with Gasteiger partial charge in [0.1, 0.15) is 0 Å². The maximum atomic E-state index is 11.3. The Morgan fingerprint density at radius 1 is 1.33 bits per heavy atom. The zero-order valence-electron chi connectivity index (χ0n) is 10.8. The van der Waals surface area contributed by atoms with Crippen molar-refractivity contribution >= 4 is 11.6 Å². The minimum Gasteiger partial charge on any atom is -0.395 e. The lowest BCUT2D eigenvalue weighted by molar-refractivity contribution is -0.116. The summed E-state index contributed by atoms with van der Waals surface area (Å²) in [5, 5.41) is 11.7. The van der Waals surface area contributed by atoms with Crippen LogP contribution in [0.2, 0.25) is 0 Å². The van der Waals surface area contributed by atoms with Crippen LogP contribution in [-0.2, 0) is 17.6 Å². The first-order chi connectivity index (χ1) is 8.69. The van der Waals surface area contributed by atoms with Gasteiger partial charge in [0.05, 0.1) is 6.61 Å². The summed E-state index contributed by atoms with van der Waals surface area (Å²) in [4.78, 5) is 13.4. The van der Waals surface area contributed by atoms with E-state index in [1.54, 1.807) is 0 Å². The Morgan fingerprint density at radius 2 is 2.17 bits per heavy atom. The van der Waals surface area contributed by atoms with Gasteiger partial charge in [-0.3, -0.25) is 4.79 Å². The van der Waals surface area contributed by atoms with E-state index >= 15 is 0 Å². The Kier molecular flexibility index (Phi) is 4.33. The predicted octanol–water partition coefficient (Wildman–Crippen LogP) is 1.04. The lowest BCUT2D eigenvalue weighted by Gasteiger charge is -2.19. The van der Waals surface area contributed by atoms with Gasteiger partial charge in [-0.2, -0.15) is 0 Å². The van der Waals surface area contributed by atoms with Crippen molar-refractivity contribution in [1.29, 1.82) is 0 Å². The highest BCUT2D eigenvalue weighted by atomic mass is 16.3. The molecule has 0 aliphatic carbocycles. The van der Waals surface area contributed by atoms with Gasteiger partial charge in [-0.25, -0.2) is 0 Å². The molecule has 1 aliphatic rings. The van der Waals surface area contributed by atoms with Gasteiger partial charge in [-0.15, -0.1) is 0 Å². The van der Waals surface area contributed by atoms with E-state index in [2.05, 4.69) is 22.3 Å². The van der Waals surface area contributed by atoms with E-state index in [1.165, 1.54) is 11.1 Å². The van der Waals surface area contributed by atoms with Crippen molar-refractivity contribution in [2.45, 2.75) is 19.3 Å². The van der Waals surface area contributed by atoms with Crippen LogP contribution in [0.5, 0.6) is 0 Å². The molecule has 0 aromatic heterocycles. The number of aliphatic hydroxyl groups is 1. The average molecular weight is 248 g/mol. The highest BCUT2D eigenvalue weighted by Gasteiger charge is 2.14. The number of nitrogens with zero attached hydrogens (tertiary/aromatic N) is 1. The largest absolute Gasteiger partial charge is 0.395 e. The molecule has 0 unspecified atom stereocenters. The van der Waals surface area contributed by atoms with Crippen molar-refractivity contribution in [2.24, 2.45) is 0 Å². The van der Waals surface area contributed by atoms with Gasteiger partial charge in [-0.1, -0.05) is 12.1 Å². The number of aliphatic hydroxyl groups excluding tert-OH is 1. The molecule has 1 aliphatic heterocycles. The van der Waals surface area contributed by atoms with Crippen LogP contribution in [0, 0.1) is 0 Å². The van der Waals surface area contributed by atoms with E-state index in [9.17, 15) is 4.79 Å². The first-order valence-electron chi connectivity index (χ1n) is 6.40.